The molecule has 0 aromatic carbocycles. The molecule has 0 heterocycles. The molecular formula is C13H22N2O5. The lowest BCUT2D eigenvalue weighted by atomic mass is 10.1. The van der Waals surface area contributed by atoms with Gasteiger partial charge in [0.1, 0.15) is 0 Å². The number of amides is 2. The summed E-state index contributed by atoms with van der Waals surface area (Å²) in [6, 6.07) is -0.397. The topological polar surface area (TPSA) is 105 Å². The van der Waals surface area contributed by atoms with Crippen LogP contribution in [0, 0.1) is 5.92 Å². The van der Waals surface area contributed by atoms with Crippen LogP contribution < -0.4 is 10.6 Å². The van der Waals surface area contributed by atoms with E-state index in [0.717, 1.165) is 0 Å². The second-order valence-corrected chi connectivity index (χ2v) is 4.85. The van der Waals surface area contributed by atoms with E-state index in [4.69, 9.17) is 9.84 Å². The number of nitrogens with one attached hydrogen (secondary N) is 2. The molecule has 7 heteroatoms. The van der Waals surface area contributed by atoms with E-state index in [9.17, 15) is 14.4 Å². The number of hydrogen-bond donors (Lipinski definition) is 3. The van der Waals surface area contributed by atoms with Gasteiger partial charge in [0, 0.05) is 19.0 Å². The molecule has 20 heavy (non-hydrogen) atoms. The highest BCUT2D eigenvalue weighted by molar-refractivity contribution is 5.75. The smallest absolute Gasteiger partial charge is 0.315 e. The molecular weight excluding hydrogens is 264 g/mol. The van der Waals surface area contributed by atoms with E-state index in [1.165, 1.54) is 0 Å². The third kappa shape index (κ3) is 5.90. The number of ether oxygens (including phenoxy) is 1. The van der Waals surface area contributed by atoms with Gasteiger partial charge in [-0.25, -0.2) is 4.79 Å². The number of carboxylic acid groups (broad SMARTS) is 1. The fourth-order valence-electron chi connectivity index (χ4n) is 2.24. The average molecular weight is 286 g/mol. The molecule has 2 unspecified atom stereocenters. The zero-order valence-electron chi connectivity index (χ0n) is 11.7. The van der Waals surface area contributed by atoms with Crippen molar-refractivity contribution >= 4 is 18.0 Å². The van der Waals surface area contributed by atoms with Crippen LogP contribution in [0.3, 0.4) is 0 Å². The van der Waals surface area contributed by atoms with E-state index in [1.807, 2.05) is 0 Å². The van der Waals surface area contributed by atoms with Crippen molar-refractivity contribution in [1.82, 2.24) is 10.6 Å². The van der Waals surface area contributed by atoms with E-state index in [0.29, 0.717) is 38.8 Å². The van der Waals surface area contributed by atoms with Crippen molar-refractivity contribution in [3.63, 3.8) is 0 Å². The first-order valence-electron chi connectivity index (χ1n) is 6.95. The number of hydrogen-bond acceptors (Lipinski definition) is 4. The van der Waals surface area contributed by atoms with Gasteiger partial charge in [0.15, 0.2) is 0 Å². The van der Waals surface area contributed by atoms with E-state index in [1.54, 1.807) is 6.92 Å². The average Bonchev–Trinajstić information content (AvgIpc) is 2.83. The van der Waals surface area contributed by atoms with Crippen molar-refractivity contribution in [1.29, 1.82) is 0 Å². The minimum Gasteiger partial charge on any atom is -0.481 e. The van der Waals surface area contributed by atoms with Crippen LogP contribution in [0.2, 0.25) is 0 Å². The normalized spacial score (nSPS) is 21.2. The lowest BCUT2D eigenvalue weighted by Gasteiger charge is -2.13. The van der Waals surface area contributed by atoms with E-state index >= 15 is 0 Å². The molecule has 0 spiro atoms. The number of carboxylic acids is 1. The molecule has 0 bridgehead atoms. The monoisotopic (exact) mass is 286 g/mol. The summed E-state index contributed by atoms with van der Waals surface area (Å²) in [5.41, 5.74) is 0. The quantitative estimate of drug-likeness (QED) is 0.476. The van der Waals surface area contributed by atoms with E-state index in [2.05, 4.69) is 10.6 Å². The maximum absolute atomic E-state index is 11.6. The first-order valence-corrected chi connectivity index (χ1v) is 6.95. The Morgan fingerprint density at radius 3 is 2.65 bits per heavy atom. The lowest BCUT2D eigenvalue weighted by Crippen LogP contribution is -2.41. The largest absolute Gasteiger partial charge is 0.481 e. The summed E-state index contributed by atoms with van der Waals surface area (Å²) in [7, 11) is 0. The highest BCUT2D eigenvalue weighted by Gasteiger charge is 2.30. The number of urea groups is 1. The van der Waals surface area contributed by atoms with Crippen molar-refractivity contribution in [3.8, 4) is 0 Å². The van der Waals surface area contributed by atoms with Gasteiger partial charge in [-0.05, 0) is 32.6 Å². The molecule has 2 atom stereocenters. The molecule has 0 saturated heterocycles. The minimum absolute atomic E-state index is 0.0823. The SMILES string of the molecule is CCOC(=O)CCCNC(=O)NC1CCC(C(=O)O)C1. The van der Waals surface area contributed by atoms with Crippen LogP contribution in [0.25, 0.3) is 0 Å². The predicted octanol–water partition coefficient (Wildman–Crippen LogP) is 0.882. The summed E-state index contributed by atoms with van der Waals surface area (Å²) in [6.07, 6.45) is 2.56. The van der Waals surface area contributed by atoms with Crippen molar-refractivity contribution in [2.75, 3.05) is 13.2 Å². The van der Waals surface area contributed by atoms with Gasteiger partial charge >= 0.3 is 18.0 Å². The molecule has 1 saturated carbocycles. The Morgan fingerprint density at radius 2 is 2.05 bits per heavy atom. The van der Waals surface area contributed by atoms with Crippen molar-refractivity contribution in [2.24, 2.45) is 5.92 Å². The Hall–Kier alpha value is -1.79. The third-order valence-electron chi connectivity index (χ3n) is 3.27. The van der Waals surface area contributed by atoms with Crippen LogP contribution in [0.5, 0.6) is 0 Å². The van der Waals surface area contributed by atoms with Crippen molar-refractivity contribution < 1.29 is 24.2 Å². The summed E-state index contributed by atoms with van der Waals surface area (Å²) < 4.78 is 4.77. The predicted molar refractivity (Wildman–Crippen MR) is 71.2 cm³/mol. The molecule has 1 rings (SSSR count). The molecule has 0 aromatic rings. The summed E-state index contributed by atoms with van der Waals surface area (Å²) in [5, 5.41) is 14.3. The highest BCUT2D eigenvalue weighted by Crippen LogP contribution is 2.25. The molecule has 0 aliphatic heterocycles. The Kier molecular flexibility index (Phi) is 6.83. The second kappa shape index (κ2) is 8.39. The summed E-state index contributed by atoms with van der Waals surface area (Å²) >= 11 is 0. The molecule has 2 amide bonds. The van der Waals surface area contributed by atoms with Gasteiger partial charge in [0.05, 0.1) is 12.5 Å². The fraction of sp³-hybridized carbons (Fsp3) is 0.769. The van der Waals surface area contributed by atoms with Gasteiger partial charge in [0.25, 0.3) is 0 Å². The van der Waals surface area contributed by atoms with E-state index < -0.39 is 5.97 Å². The van der Waals surface area contributed by atoms with Gasteiger partial charge in [-0.15, -0.1) is 0 Å². The van der Waals surface area contributed by atoms with Crippen LogP contribution >= 0.6 is 0 Å². The molecule has 0 aromatic heterocycles. The lowest BCUT2D eigenvalue weighted by molar-refractivity contribution is -0.143. The van der Waals surface area contributed by atoms with Crippen LogP contribution in [-0.4, -0.2) is 42.3 Å². The maximum Gasteiger partial charge on any atom is 0.315 e. The molecule has 0 radical (unpaired) electrons. The molecule has 114 valence electrons. The van der Waals surface area contributed by atoms with Gasteiger partial charge in [-0.3, -0.25) is 9.59 Å². The van der Waals surface area contributed by atoms with Gasteiger partial charge < -0.3 is 20.5 Å². The van der Waals surface area contributed by atoms with Crippen LogP contribution in [-0.2, 0) is 14.3 Å². The first kappa shape index (κ1) is 16.3. The molecule has 1 aliphatic carbocycles. The van der Waals surface area contributed by atoms with Crippen LogP contribution in [0.15, 0.2) is 0 Å². The molecule has 1 fully saturated rings. The van der Waals surface area contributed by atoms with Crippen LogP contribution in [0.1, 0.15) is 39.0 Å². The third-order valence-corrected chi connectivity index (χ3v) is 3.27. The summed E-state index contributed by atoms with van der Waals surface area (Å²) in [5.74, 6) is -1.43. The zero-order chi connectivity index (χ0) is 15.0. The van der Waals surface area contributed by atoms with Gasteiger partial charge in [-0.1, -0.05) is 0 Å². The second-order valence-electron chi connectivity index (χ2n) is 4.85. The number of esters is 1. The summed E-state index contributed by atoms with van der Waals surface area (Å²) in [6.45, 7) is 2.49. The number of carbonyl (C=O) groups excluding carboxylic acids is 2. The zero-order valence-corrected chi connectivity index (χ0v) is 11.7. The van der Waals surface area contributed by atoms with Crippen molar-refractivity contribution in [2.45, 2.75) is 45.1 Å². The van der Waals surface area contributed by atoms with Crippen molar-refractivity contribution in [3.05, 3.63) is 0 Å². The van der Waals surface area contributed by atoms with Gasteiger partial charge in [-0.2, -0.15) is 0 Å². The number of aliphatic carboxylic acids is 1. The van der Waals surface area contributed by atoms with E-state index in [-0.39, 0.29) is 30.4 Å². The van der Waals surface area contributed by atoms with Gasteiger partial charge in [0.2, 0.25) is 0 Å². The Labute approximate surface area is 118 Å². The minimum atomic E-state index is -0.802. The van der Waals surface area contributed by atoms with Crippen LogP contribution in [0.4, 0.5) is 4.79 Å². The first-order chi connectivity index (χ1) is 9.52. The highest BCUT2D eigenvalue weighted by atomic mass is 16.5. The summed E-state index contributed by atoms with van der Waals surface area (Å²) in [4.78, 5) is 33.4. The molecule has 7 nitrogen and oxygen atoms in total. The molecule has 1 aliphatic rings. The Balaban J connectivity index is 2.09. The standard InChI is InChI=1S/C13H22N2O5/c1-2-20-11(16)4-3-7-14-13(19)15-10-6-5-9(8-10)12(17)18/h9-10H,2-8H2,1H3,(H,17,18)(H2,14,15,19). The number of carbonyl (C=O) groups is 3. The number of rotatable bonds is 7. The fourth-order valence-corrected chi connectivity index (χ4v) is 2.24. The molecule has 3 N–H and O–H groups in total. The Bertz CT molecular complexity index is 359. The maximum atomic E-state index is 11.6. The Morgan fingerprint density at radius 1 is 1.30 bits per heavy atom.